The molecule has 0 saturated carbocycles. The maximum Gasteiger partial charge on any atom is 0.416 e. The van der Waals surface area contributed by atoms with Crippen LogP contribution in [0.1, 0.15) is 5.56 Å². The van der Waals surface area contributed by atoms with Crippen LogP contribution in [0.2, 0.25) is 0 Å². The van der Waals surface area contributed by atoms with Crippen LogP contribution >= 0.6 is 10.7 Å². The molecule has 0 aliphatic rings. The van der Waals surface area contributed by atoms with Gasteiger partial charge in [0.05, 0.1) is 10.5 Å². The van der Waals surface area contributed by atoms with Crippen molar-refractivity contribution in [3.05, 3.63) is 66.0 Å². The van der Waals surface area contributed by atoms with E-state index in [-0.39, 0.29) is 10.6 Å². The fourth-order valence-corrected chi connectivity index (χ4v) is 3.49. The van der Waals surface area contributed by atoms with E-state index >= 15 is 0 Å². The van der Waals surface area contributed by atoms with Gasteiger partial charge in [-0.1, -0.05) is 12.1 Å². The van der Waals surface area contributed by atoms with Crippen LogP contribution in [0, 0.1) is 5.82 Å². The molecule has 26 heavy (non-hydrogen) atoms. The number of hydrogen-bond donors (Lipinski definition) is 0. The topological polar surface area (TPSA) is 43.4 Å². The summed E-state index contributed by atoms with van der Waals surface area (Å²) in [4.78, 5) is -0.0936. The van der Waals surface area contributed by atoms with E-state index in [9.17, 15) is 26.0 Å². The van der Waals surface area contributed by atoms with Gasteiger partial charge in [-0.05, 0) is 47.9 Å². The number of halogens is 5. The first-order chi connectivity index (χ1) is 12.1. The van der Waals surface area contributed by atoms with Gasteiger partial charge in [0, 0.05) is 16.1 Å². The molecule has 9 heteroatoms. The first-order valence-electron chi connectivity index (χ1n) is 7.08. The quantitative estimate of drug-likeness (QED) is 0.414. The van der Waals surface area contributed by atoms with Crippen LogP contribution in [0.5, 0.6) is 11.5 Å². The van der Waals surface area contributed by atoms with Crippen LogP contribution in [-0.4, -0.2) is 8.42 Å². The van der Waals surface area contributed by atoms with E-state index in [0.717, 1.165) is 6.07 Å². The lowest BCUT2D eigenvalue weighted by molar-refractivity contribution is -0.137. The third kappa shape index (κ3) is 3.76. The molecule has 136 valence electrons. The minimum atomic E-state index is -4.66. The molecule has 3 aromatic rings. The minimum Gasteiger partial charge on any atom is -0.454 e. The normalized spacial score (nSPS) is 12.3. The van der Waals surface area contributed by atoms with Crippen molar-refractivity contribution in [2.24, 2.45) is 0 Å². The number of ether oxygens (including phenoxy) is 1. The van der Waals surface area contributed by atoms with E-state index in [1.54, 1.807) is 6.07 Å². The fraction of sp³-hybridized carbons (Fsp3) is 0.0588. The molecule has 0 radical (unpaired) electrons. The molecule has 0 atom stereocenters. The van der Waals surface area contributed by atoms with Gasteiger partial charge in [-0.3, -0.25) is 0 Å². The van der Waals surface area contributed by atoms with Gasteiger partial charge >= 0.3 is 6.18 Å². The van der Waals surface area contributed by atoms with E-state index in [4.69, 9.17) is 15.4 Å². The van der Waals surface area contributed by atoms with Crippen molar-refractivity contribution in [3.8, 4) is 11.5 Å². The highest BCUT2D eigenvalue weighted by molar-refractivity contribution is 8.14. The third-order valence-corrected chi connectivity index (χ3v) is 4.94. The molecule has 0 aliphatic heterocycles. The summed E-state index contributed by atoms with van der Waals surface area (Å²) in [6, 6.07) is 10.5. The maximum absolute atomic E-state index is 13.9. The Labute approximate surface area is 150 Å². The van der Waals surface area contributed by atoms with Crippen molar-refractivity contribution in [1.82, 2.24) is 0 Å². The lowest BCUT2D eigenvalue weighted by atomic mass is 10.1. The van der Waals surface area contributed by atoms with Gasteiger partial charge < -0.3 is 4.74 Å². The molecular formula is C17H9ClF4O3S. The zero-order chi connectivity index (χ0) is 19.1. The van der Waals surface area contributed by atoms with E-state index in [0.29, 0.717) is 22.9 Å². The summed E-state index contributed by atoms with van der Waals surface area (Å²) in [7, 11) is 1.42. The Morgan fingerprint density at radius 1 is 0.962 bits per heavy atom. The minimum absolute atomic E-state index is 0.0936. The van der Waals surface area contributed by atoms with Crippen LogP contribution in [0.4, 0.5) is 17.6 Å². The lowest BCUT2D eigenvalue weighted by Crippen LogP contribution is -2.05. The number of hydrogen-bond acceptors (Lipinski definition) is 3. The molecule has 0 aliphatic carbocycles. The summed E-state index contributed by atoms with van der Waals surface area (Å²) >= 11 is 0. The molecule has 0 spiro atoms. The molecule has 3 nitrogen and oxygen atoms in total. The smallest absolute Gasteiger partial charge is 0.416 e. The summed E-state index contributed by atoms with van der Waals surface area (Å²) in [5.41, 5.74) is -1.13. The molecule has 0 heterocycles. The molecular weight excluding hydrogens is 396 g/mol. The first kappa shape index (κ1) is 18.5. The van der Waals surface area contributed by atoms with Crippen molar-refractivity contribution < 1.29 is 30.7 Å². The molecule has 0 amide bonds. The van der Waals surface area contributed by atoms with Crippen LogP contribution in [-0.2, 0) is 15.2 Å². The number of rotatable bonds is 3. The van der Waals surface area contributed by atoms with Gasteiger partial charge in [0.15, 0.2) is 11.6 Å². The molecule has 0 fully saturated rings. The van der Waals surface area contributed by atoms with E-state index < -0.39 is 32.4 Å². The Morgan fingerprint density at radius 2 is 1.69 bits per heavy atom. The van der Waals surface area contributed by atoms with Gasteiger partial charge in [-0.2, -0.15) is 13.2 Å². The highest BCUT2D eigenvalue weighted by Crippen LogP contribution is 2.34. The standard InChI is InChI=1S/C17H9ClF4O3S/c18-26(23,24)16-3-1-2-10-8-12(5-6-13(10)16)25-15-7-4-11(9-14(15)19)17(20,21)22/h1-9H. The van der Waals surface area contributed by atoms with Crippen LogP contribution in [0.3, 0.4) is 0 Å². The molecule has 3 rings (SSSR count). The maximum atomic E-state index is 13.9. The summed E-state index contributed by atoms with van der Waals surface area (Å²) in [6.07, 6.45) is -4.66. The predicted molar refractivity (Wildman–Crippen MR) is 88.5 cm³/mol. The average molecular weight is 405 g/mol. The predicted octanol–water partition coefficient (Wildman–Crippen LogP) is 5.72. The van der Waals surface area contributed by atoms with Crippen molar-refractivity contribution in [1.29, 1.82) is 0 Å². The fourth-order valence-electron chi connectivity index (χ4n) is 2.40. The summed E-state index contributed by atoms with van der Waals surface area (Å²) in [6.45, 7) is 0. The molecule has 0 aromatic heterocycles. The van der Waals surface area contributed by atoms with Crippen LogP contribution in [0.25, 0.3) is 10.8 Å². The second-order valence-electron chi connectivity index (χ2n) is 5.32. The van der Waals surface area contributed by atoms with Crippen LogP contribution in [0.15, 0.2) is 59.5 Å². The second kappa shape index (κ2) is 6.44. The monoisotopic (exact) mass is 404 g/mol. The zero-order valence-corrected chi connectivity index (χ0v) is 14.3. The van der Waals surface area contributed by atoms with Gasteiger partial charge in [-0.15, -0.1) is 0 Å². The summed E-state index contributed by atoms with van der Waals surface area (Å²) in [5.74, 6) is -1.43. The van der Waals surface area contributed by atoms with Crippen molar-refractivity contribution in [3.63, 3.8) is 0 Å². The van der Waals surface area contributed by atoms with Gasteiger partial charge in [-0.25, -0.2) is 12.8 Å². The number of alkyl halides is 3. The Balaban J connectivity index is 1.98. The van der Waals surface area contributed by atoms with Gasteiger partial charge in [0.1, 0.15) is 5.75 Å². The second-order valence-corrected chi connectivity index (χ2v) is 7.86. The highest BCUT2D eigenvalue weighted by Gasteiger charge is 2.31. The lowest BCUT2D eigenvalue weighted by Gasteiger charge is -2.11. The Morgan fingerprint density at radius 3 is 2.31 bits per heavy atom. The van der Waals surface area contributed by atoms with Crippen molar-refractivity contribution >= 4 is 30.5 Å². The first-order valence-corrected chi connectivity index (χ1v) is 9.39. The van der Waals surface area contributed by atoms with Crippen molar-refractivity contribution in [2.75, 3.05) is 0 Å². The SMILES string of the molecule is O=S(=O)(Cl)c1cccc2cc(Oc3ccc(C(F)(F)F)cc3F)ccc12. The zero-order valence-electron chi connectivity index (χ0n) is 12.7. The average Bonchev–Trinajstić information content (AvgIpc) is 2.54. The largest absolute Gasteiger partial charge is 0.454 e. The Hall–Kier alpha value is -2.32. The highest BCUT2D eigenvalue weighted by atomic mass is 35.7. The van der Waals surface area contributed by atoms with Gasteiger partial charge in [0.2, 0.25) is 0 Å². The van der Waals surface area contributed by atoms with E-state index in [2.05, 4.69) is 0 Å². The Bertz CT molecular complexity index is 1090. The Kier molecular flexibility index (Phi) is 4.58. The summed E-state index contributed by atoms with van der Waals surface area (Å²) < 4.78 is 80.0. The van der Waals surface area contributed by atoms with Crippen molar-refractivity contribution in [2.45, 2.75) is 11.1 Å². The third-order valence-electron chi connectivity index (χ3n) is 3.56. The summed E-state index contributed by atoms with van der Waals surface area (Å²) in [5, 5.41) is 0.791. The van der Waals surface area contributed by atoms with Gasteiger partial charge in [0.25, 0.3) is 9.05 Å². The molecule has 0 N–H and O–H groups in total. The molecule has 0 bridgehead atoms. The molecule has 0 saturated heterocycles. The van der Waals surface area contributed by atoms with E-state index in [1.165, 1.54) is 30.3 Å². The number of fused-ring (bicyclic) bond motifs is 1. The van der Waals surface area contributed by atoms with E-state index in [1.807, 2.05) is 0 Å². The molecule has 3 aromatic carbocycles. The van der Waals surface area contributed by atoms with Crippen LogP contribution < -0.4 is 4.74 Å². The molecule has 0 unspecified atom stereocenters. The number of benzene rings is 3.